The number of nitrogens with one attached hydrogen (secondary N) is 1. The molecule has 10 heteroatoms. The van der Waals surface area contributed by atoms with Crippen molar-refractivity contribution in [3.8, 4) is 6.07 Å². The van der Waals surface area contributed by atoms with E-state index in [1.54, 1.807) is 0 Å². The quantitative estimate of drug-likeness (QED) is 0.665. The van der Waals surface area contributed by atoms with Gasteiger partial charge in [0.05, 0.1) is 5.56 Å². The number of hydrogen-bond donors (Lipinski definition) is 1. The van der Waals surface area contributed by atoms with E-state index < -0.39 is 16.8 Å². The molecule has 0 radical (unpaired) electrons. The highest BCUT2D eigenvalue weighted by atomic mass is 32.1. The first-order valence-electron chi connectivity index (χ1n) is 7.36. The van der Waals surface area contributed by atoms with Crippen LogP contribution in [0.15, 0.2) is 6.33 Å². The van der Waals surface area contributed by atoms with Crippen molar-refractivity contribution in [2.75, 3.05) is 5.32 Å². The zero-order valence-corrected chi connectivity index (χ0v) is 13.7. The second kappa shape index (κ2) is 6.37. The number of carbonyl (C=O) groups excluding carboxylic acids is 1. The van der Waals surface area contributed by atoms with Crippen LogP contribution >= 0.6 is 11.3 Å². The molecular weight excluding hydrogens is 332 g/mol. The maximum Gasteiger partial charge on any atom is 0.490 e. The van der Waals surface area contributed by atoms with Gasteiger partial charge in [0.1, 0.15) is 17.6 Å². The predicted octanol–water partition coefficient (Wildman–Crippen LogP) is 1.88. The molecule has 124 valence electrons. The summed E-state index contributed by atoms with van der Waals surface area (Å²) in [6.07, 6.45) is 3.93. The van der Waals surface area contributed by atoms with Crippen LogP contribution in [0.4, 0.5) is 10.9 Å². The number of thiophene rings is 1. The minimum absolute atomic E-state index is 0.204. The van der Waals surface area contributed by atoms with Gasteiger partial charge in [0, 0.05) is 9.98 Å². The van der Waals surface area contributed by atoms with Gasteiger partial charge in [-0.25, -0.2) is 0 Å². The molecule has 1 aliphatic carbocycles. The highest BCUT2D eigenvalue weighted by Gasteiger charge is 2.25. The number of hydrogen-bond acceptors (Lipinski definition) is 7. The number of rotatable bonds is 4. The van der Waals surface area contributed by atoms with Gasteiger partial charge in [-0.05, 0) is 35.7 Å². The average molecular weight is 346 g/mol. The molecule has 24 heavy (non-hydrogen) atoms. The molecule has 2 heterocycles. The number of fused-ring (bicyclic) bond motifs is 1. The van der Waals surface area contributed by atoms with Crippen molar-refractivity contribution in [3.05, 3.63) is 32.4 Å². The number of carbonyl (C=O) groups is 1. The molecule has 0 aromatic carbocycles. The third-order valence-corrected chi connectivity index (χ3v) is 5.04. The summed E-state index contributed by atoms with van der Waals surface area (Å²) in [5, 5.41) is 26.8. The number of nitriles is 1. The molecule has 9 nitrogen and oxygen atoms in total. The van der Waals surface area contributed by atoms with E-state index in [-0.39, 0.29) is 6.54 Å². The summed E-state index contributed by atoms with van der Waals surface area (Å²) in [6.45, 7) is 1.97. The van der Waals surface area contributed by atoms with Crippen LogP contribution in [0, 0.1) is 27.4 Å². The van der Waals surface area contributed by atoms with Crippen LogP contribution in [0.3, 0.4) is 0 Å². The Morgan fingerprint density at radius 3 is 3.12 bits per heavy atom. The highest BCUT2D eigenvalue weighted by molar-refractivity contribution is 7.16. The van der Waals surface area contributed by atoms with Gasteiger partial charge < -0.3 is 15.4 Å². The van der Waals surface area contributed by atoms with Crippen LogP contribution < -0.4 is 5.32 Å². The van der Waals surface area contributed by atoms with Gasteiger partial charge in [0.25, 0.3) is 0 Å². The smallest absolute Gasteiger partial charge is 0.390 e. The zero-order chi connectivity index (χ0) is 17.3. The van der Waals surface area contributed by atoms with Crippen LogP contribution in [0.1, 0.15) is 29.3 Å². The number of aromatic nitrogens is 3. The van der Waals surface area contributed by atoms with Crippen molar-refractivity contribution in [2.45, 2.75) is 32.7 Å². The highest BCUT2D eigenvalue weighted by Crippen LogP contribution is 2.39. The lowest BCUT2D eigenvalue weighted by Crippen LogP contribution is -2.19. The van der Waals surface area contributed by atoms with Crippen molar-refractivity contribution in [3.63, 3.8) is 0 Å². The number of nitrogens with zero attached hydrogens (tertiary/aromatic N) is 5. The molecule has 0 saturated heterocycles. The zero-order valence-electron chi connectivity index (χ0n) is 12.9. The van der Waals surface area contributed by atoms with Crippen molar-refractivity contribution >= 4 is 28.2 Å². The second-order valence-corrected chi connectivity index (χ2v) is 6.82. The van der Waals surface area contributed by atoms with Gasteiger partial charge in [-0.2, -0.15) is 9.94 Å². The molecule has 1 aliphatic rings. The van der Waals surface area contributed by atoms with Crippen LogP contribution in [-0.2, 0) is 24.2 Å². The first-order chi connectivity index (χ1) is 11.5. The van der Waals surface area contributed by atoms with E-state index in [1.807, 2.05) is 0 Å². The van der Waals surface area contributed by atoms with Gasteiger partial charge in [-0.3, -0.25) is 4.79 Å². The van der Waals surface area contributed by atoms with Gasteiger partial charge in [0.2, 0.25) is 12.2 Å². The van der Waals surface area contributed by atoms with Crippen LogP contribution in [0.5, 0.6) is 0 Å². The first-order valence-corrected chi connectivity index (χ1v) is 8.18. The number of amides is 1. The third-order valence-electron chi connectivity index (χ3n) is 3.87. The van der Waals surface area contributed by atoms with Gasteiger partial charge >= 0.3 is 5.95 Å². The van der Waals surface area contributed by atoms with E-state index >= 15 is 0 Å². The molecule has 2 aromatic rings. The van der Waals surface area contributed by atoms with Crippen molar-refractivity contribution in [1.29, 1.82) is 5.26 Å². The molecule has 0 bridgehead atoms. The molecular formula is C14H14N6O3S. The molecule has 3 rings (SSSR count). The van der Waals surface area contributed by atoms with Gasteiger partial charge in [-0.1, -0.05) is 11.9 Å². The fourth-order valence-corrected chi connectivity index (χ4v) is 4.09. The van der Waals surface area contributed by atoms with Crippen LogP contribution in [-0.4, -0.2) is 25.6 Å². The van der Waals surface area contributed by atoms with E-state index in [9.17, 15) is 20.2 Å². The predicted molar refractivity (Wildman–Crippen MR) is 85.5 cm³/mol. The maximum atomic E-state index is 12.1. The first kappa shape index (κ1) is 16.1. The SMILES string of the molecule is CC1CCc2c(sc(NC(=O)Cn3cnc([N+](=O)[O-])n3)c2C#N)C1. The summed E-state index contributed by atoms with van der Waals surface area (Å²) in [7, 11) is 0. The standard InChI is InChI=1S/C14H14N6O3S/c1-8-2-3-9-10(5-15)13(24-11(9)4-8)17-12(21)6-19-7-16-14(18-19)20(22)23/h7-8H,2-4,6H2,1H3,(H,17,21). The van der Waals surface area contributed by atoms with E-state index in [2.05, 4.69) is 28.4 Å². The fourth-order valence-electron chi connectivity index (χ4n) is 2.72. The minimum Gasteiger partial charge on any atom is -0.390 e. The van der Waals surface area contributed by atoms with Crippen LogP contribution in [0.2, 0.25) is 0 Å². The summed E-state index contributed by atoms with van der Waals surface area (Å²) in [4.78, 5) is 26.6. The lowest BCUT2D eigenvalue weighted by atomic mass is 9.89. The van der Waals surface area contributed by atoms with E-state index in [4.69, 9.17) is 0 Å². The van der Waals surface area contributed by atoms with Crippen molar-refractivity contribution < 1.29 is 9.72 Å². The molecule has 1 amide bonds. The monoisotopic (exact) mass is 346 g/mol. The molecule has 0 spiro atoms. The Morgan fingerprint density at radius 2 is 2.46 bits per heavy atom. The Hall–Kier alpha value is -2.80. The van der Waals surface area contributed by atoms with Gasteiger partial charge in [-0.15, -0.1) is 11.3 Å². The van der Waals surface area contributed by atoms with Crippen molar-refractivity contribution in [2.24, 2.45) is 5.92 Å². The minimum atomic E-state index is -0.726. The average Bonchev–Trinajstić information content (AvgIpc) is 3.10. The summed E-state index contributed by atoms with van der Waals surface area (Å²) in [5.41, 5.74) is 1.56. The lowest BCUT2D eigenvalue weighted by Gasteiger charge is -2.17. The maximum absolute atomic E-state index is 12.1. The Bertz CT molecular complexity index is 849. The lowest BCUT2D eigenvalue weighted by molar-refractivity contribution is -0.394. The third kappa shape index (κ3) is 3.11. The summed E-state index contributed by atoms with van der Waals surface area (Å²) < 4.78 is 1.09. The molecule has 1 atom stereocenters. The van der Waals surface area contributed by atoms with E-state index in [0.29, 0.717) is 16.5 Å². The van der Waals surface area contributed by atoms with Crippen molar-refractivity contribution in [1.82, 2.24) is 14.8 Å². The Labute approximate surface area is 141 Å². The summed E-state index contributed by atoms with van der Waals surface area (Å²) in [5.74, 6) is -0.388. The largest absolute Gasteiger partial charge is 0.490 e. The molecule has 2 aromatic heterocycles. The molecule has 1 N–H and O–H groups in total. The molecule has 0 fully saturated rings. The fraction of sp³-hybridized carbons (Fsp3) is 0.429. The summed E-state index contributed by atoms with van der Waals surface area (Å²) in [6, 6.07) is 2.18. The number of nitro groups is 1. The van der Waals surface area contributed by atoms with Crippen LogP contribution in [0.25, 0.3) is 0 Å². The number of anilines is 1. The molecule has 1 unspecified atom stereocenters. The Morgan fingerprint density at radius 1 is 1.67 bits per heavy atom. The van der Waals surface area contributed by atoms with E-state index in [0.717, 1.165) is 40.7 Å². The Kier molecular flexibility index (Phi) is 4.26. The van der Waals surface area contributed by atoms with E-state index in [1.165, 1.54) is 11.3 Å². The second-order valence-electron chi connectivity index (χ2n) is 5.72. The topological polar surface area (TPSA) is 127 Å². The molecule has 0 aliphatic heterocycles. The Balaban J connectivity index is 1.74. The summed E-state index contributed by atoms with van der Waals surface area (Å²) >= 11 is 1.43. The van der Waals surface area contributed by atoms with Gasteiger partial charge in [0.15, 0.2) is 0 Å². The molecule has 0 saturated carbocycles. The normalized spacial score (nSPS) is 16.2.